The van der Waals surface area contributed by atoms with E-state index < -0.39 is 0 Å². The molecule has 0 radical (unpaired) electrons. The van der Waals surface area contributed by atoms with Crippen molar-refractivity contribution in [2.24, 2.45) is 5.10 Å². The third-order valence-corrected chi connectivity index (χ3v) is 4.22. The lowest BCUT2D eigenvalue weighted by Gasteiger charge is -2.19. The SMILES string of the molecule is CN(CC(=O)N1CCC(c2ccccc2)=N1)Cc1ccc(Cl)cc1. The third-order valence-electron chi connectivity index (χ3n) is 3.97. The Morgan fingerprint density at radius 3 is 2.58 bits per heavy atom. The summed E-state index contributed by atoms with van der Waals surface area (Å²) in [6.07, 6.45) is 0.802. The molecule has 1 aliphatic heterocycles. The number of hydrogen-bond donors (Lipinski definition) is 0. The first kappa shape index (κ1) is 16.7. The topological polar surface area (TPSA) is 35.9 Å². The molecule has 124 valence electrons. The lowest BCUT2D eigenvalue weighted by Crippen LogP contribution is -2.34. The van der Waals surface area contributed by atoms with Crippen LogP contribution in [0, 0.1) is 0 Å². The second kappa shape index (κ2) is 7.60. The Hall–Kier alpha value is -2.17. The van der Waals surface area contributed by atoms with E-state index in [0.29, 0.717) is 19.6 Å². The highest BCUT2D eigenvalue weighted by molar-refractivity contribution is 6.30. The largest absolute Gasteiger partial charge is 0.293 e. The molecule has 5 heteroatoms. The zero-order valence-corrected chi connectivity index (χ0v) is 14.4. The maximum absolute atomic E-state index is 12.4. The Labute approximate surface area is 147 Å². The van der Waals surface area contributed by atoms with Crippen LogP contribution in [0.3, 0.4) is 0 Å². The Morgan fingerprint density at radius 2 is 1.88 bits per heavy atom. The van der Waals surface area contributed by atoms with Gasteiger partial charge in [-0.25, -0.2) is 5.01 Å². The molecule has 0 atom stereocenters. The predicted octanol–water partition coefficient (Wildman–Crippen LogP) is 3.41. The van der Waals surface area contributed by atoms with Crippen LogP contribution in [0.4, 0.5) is 0 Å². The molecule has 1 aliphatic rings. The molecule has 0 aliphatic carbocycles. The summed E-state index contributed by atoms with van der Waals surface area (Å²) in [4.78, 5) is 14.4. The molecule has 4 nitrogen and oxygen atoms in total. The molecule has 2 aromatic rings. The Bertz CT molecular complexity index is 728. The van der Waals surface area contributed by atoms with E-state index >= 15 is 0 Å². The zero-order chi connectivity index (χ0) is 16.9. The molecule has 2 aromatic carbocycles. The van der Waals surface area contributed by atoms with Gasteiger partial charge in [0.15, 0.2) is 0 Å². The van der Waals surface area contributed by atoms with Crippen molar-refractivity contribution in [3.63, 3.8) is 0 Å². The normalized spacial score (nSPS) is 14.1. The van der Waals surface area contributed by atoms with Crippen LogP contribution in [0.25, 0.3) is 0 Å². The molecule has 0 spiro atoms. The van der Waals surface area contributed by atoms with Crippen molar-refractivity contribution in [1.82, 2.24) is 9.91 Å². The summed E-state index contributed by atoms with van der Waals surface area (Å²) in [5.41, 5.74) is 3.19. The minimum absolute atomic E-state index is 0.0254. The summed E-state index contributed by atoms with van der Waals surface area (Å²) in [5.74, 6) is 0.0254. The van der Waals surface area contributed by atoms with E-state index in [1.807, 2.05) is 66.5 Å². The first-order chi connectivity index (χ1) is 11.6. The Morgan fingerprint density at radius 1 is 1.17 bits per heavy atom. The van der Waals surface area contributed by atoms with Crippen molar-refractivity contribution >= 4 is 23.2 Å². The van der Waals surface area contributed by atoms with Crippen molar-refractivity contribution in [1.29, 1.82) is 0 Å². The summed E-state index contributed by atoms with van der Waals surface area (Å²) < 4.78 is 0. The van der Waals surface area contributed by atoms with Crippen LogP contribution in [-0.4, -0.2) is 41.7 Å². The predicted molar refractivity (Wildman–Crippen MR) is 97.1 cm³/mol. The number of hydrazone groups is 1. The number of likely N-dealkylation sites (N-methyl/N-ethyl adjacent to an activating group) is 1. The van der Waals surface area contributed by atoms with Crippen molar-refractivity contribution in [2.45, 2.75) is 13.0 Å². The van der Waals surface area contributed by atoms with Gasteiger partial charge in [-0.15, -0.1) is 0 Å². The van der Waals surface area contributed by atoms with Gasteiger partial charge in [-0.1, -0.05) is 54.1 Å². The number of rotatable bonds is 5. The van der Waals surface area contributed by atoms with E-state index in [1.165, 1.54) is 0 Å². The molecule has 0 aromatic heterocycles. The molecule has 0 saturated carbocycles. The van der Waals surface area contributed by atoms with Crippen LogP contribution in [0.2, 0.25) is 5.02 Å². The van der Waals surface area contributed by atoms with Crippen LogP contribution in [0.15, 0.2) is 59.7 Å². The average Bonchev–Trinajstić information content (AvgIpc) is 3.08. The van der Waals surface area contributed by atoms with Gasteiger partial charge >= 0.3 is 0 Å². The zero-order valence-electron chi connectivity index (χ0n) is 13.7. The fourth-order valence-corrected chi connectivity index (χ4v) is 2.87. The molecule has 3 rings (SSSR count). The second-order valence-corrected chi connectivity index (χ2v) is 6.41. The first-order valence-electron chi connectivity index (χ1n) is 7.98. The molecular formula is C19H20ClN3O. The molecule has 24 heavy (non-hydrogen) atoms. The number of amides is 1. The maximum Gasteiger partial charge on any atom is 0.256 e. The average molecular weight is 342 g/mol. The van der Waals surface area contributed by atoms with Gasteiger partial charge in [-0.3, -0.25) is 9.69 Å². The number of carbonyl (C=O) groups excluding carboxylic acids is 1. The quantitative estimate of drug-likeness (QED) is 0.835. The standard InChI is InChI=1S/C19H20ClN3O/c1-22(13-15-7-9-17(20)10-8-15)14-19(24)23-12-11-18(21-23)16-5-3-2-4-6-16/h2-10H,11-14H2,1H3. The summed E-state index contributed by atoms with van der Waals surface area (Å²) >= 11 is 5.89. The van der Waals surface area contributed by atoms with Gasteiger partial charge in [0.25, 0.3) is 5.91 Å². The van der Waals surface area contributed by atoms with Gasteiger partial charge in [0.1, 0.15) is 0 Å². The Kier molecular flexibility index (Phi) is 5.28. The van der Waals surface area contributed by atoms with Gasteiger partial charge in [-0.05, 0) is 30.3 Å². The fraction of sp³-hybridized carbons (Fsp3) is 0.263. The summed E-state index contributed by atoms with van der Waals surface area (Å²) in [5, 5.41) is 6.79. The number of carbonyl (C=O) groups is 1. The maximum atomic E-state index is 12.4. The second-order valence-electron chi connectivity index (χ2n) is 5.98. The van der Waals surface area contributed by atoms with Crippen molar-refractivity contribution < 1.29 is 4.79 Å². The van der Waals surface area contributed by atoms with Crippen LogP contribution in [0.1, 0.15) is 17.5 Å². The minimum atomic E-state index is 0.0254. The lowest BCUT2D eigenvalue weighted by atomic mass is 10.1. The molecule has 0 fully saturated rings. The van der Waals surface area contributed by atoms with Crippen molar-refractivity contribution in [3.8, 4) is 0 Å². The van der Waals surface area contributed by atoms with E-state index in [-0.39, 0.29) is 5.91 Å². The molecule has 0 unspecified atom stereocenters. The van der Waals surface area contributed by atoms with Gasteiger partial charge in [0.2, 0.25) is 0 Å². The van der Waals surface area contributed by atoms with E-state index in [2.05, 4.69) is 5.10 Å². The highest BCUT2D eigenvalue weighted by Crippen LogP contribution is 2.15. The van der Waals surface area contributed by atoms with Gasteiger partial charge in [0.05, 0.1) is 18.8 Å². The number of nitrogens with zero attached hydrogens (tertiary/aromatic N) is 3. The monoisotopic (exact) mass is 341 g/mol. The summed E-state index contributed by atoms with van der Waals surface area (Å²) in [6.45, 7) is 1.69. The van der Waals surface area contributed by atoms with E-state index in [1.54, 1.807) is 5.01 Å². The van der Waals surface area contributed by atoms with E-state index in [0.717, 1.165) is 28.3 Å². The smallest absolute Gasteiger partial charge is 0.256 e. The third kappa shape index (κ3) is 4.22. The molecule has 0 N–H and O–H groups in total. The highest BCUT2D eigenvalue weighted by atomic mass is 35.5. The molecule has 0 bridgehead atoms. The van der Waals surface area contributed by atoms with E-state index in [9.17, 15) is 4.79 Å². The summed E-state index contributed by atoms with van der Waals surface area (Å²) in [7, 11) is 1.93. The fourth-order valence-electron chi connectivity index (χ4n) is 2.74. The number of hydrogen-bond acceptors (Lipinski definition) is 3. The van der Waals surface area contributed by atoms with Crippen LogP contribution >= 0.6 is 11.6 Å². The molecule has 0 saturated heterocycles. The molecule has 1 amide bonds. The van der Waals surface area contributed by atoms with E-state index in [4.69, 9.17) is 11.6 Å². The minimum Gasteiger partial charge on any atom is -0.293 e. The first-order valence-corrected chi connectivity index (χ1v) is 8.36. The van der Waals surface area contributed by atoms with Crippen LogP contribution in [0.5, 0.6) is 0 Å². The highest BCUT2D eigenvalue weighted by Gasteiger charge is 2.22. The van der Waals surface area contributed by atoms with Gasteiger partial charge < -0.3 is 0 Å². The number of halogens is 1. The Balaban J connectivity index is 1.57. The molecule has 1 heterocycles. The van der Waals surface area contributed by atoms with Gasteiger partial charge in [-0.2, -0.15) is 5.10 Å². The van der Waals surface area contributed by atoms with Crippen molar-refractivity contribution in [2.75, 3.05) is 20.1 Å². The van der Waals surface area contributed by atoms with Crippen LogP contribution in [-0.2, 0) is 11.3 Å². The summed E-state index contributed by atoms with van der Waals surface area (Å²) in [6, 6.07) is 17.7. The molecular weight excluding hydrogens is 322 g/mol. The van der Waals surface area contributed by atoms with Crippen molar-refractivity contribution in [3.05, 3.63) is 70.7 Å². The lowest BCUT2D eigenvalue weighted by molar-refractivity contribution is -0.131. The van der Waals surface area contributed by atoms with Gasteiger partial charge in [0, 0.05) is 18.0 Å². The van der Waals surface area contributed by atoms with Crippen LogP contribution < -0.4 is 0 Å². The number of benzene rings is 2.